The van der Waals surface area contributed by atoms with Crippen molar-refractivity contribution in [3.8, 4) is 28.4 Å². The molecule has 0 atom stereocenters. The van der Waals surface area contributed by atoms with Gasteiger partial charge in [-0.05, 0) is 102 Å². The predicted octanol–water partition coefficient (Wildman–Crippen LogP) is 6.32. The van der Waals surface area contributed by atoms with Crippen LogP contribution in [0.5, 0.6) is 17.2 Å². The highest BCUT2D eigenvalue weighted by Gasteiger charge is 2.19. The van der Waals surface area contributed by atoms with E-state index >= 15 is 0 Å². The largest absolute Gasteiger partial charge is 0.508 e. The van der Waals surface area contributed by atoms with Crippen molar-refractivity contribution >= 4 is 16.6 Å². The topological polar surface area (TPSA) is 59.0 Å². The van der Waals surface area contributed by atoms with E-state index in [9.17, 15) is 9.90 Å². The Labute approximate surface area is 211 Å². The zero-order valence-electron chi connectivity index (χ0n) is 20.6. The van der Waals surface area contributed by atoms with Gasteiger partial charge in [0.2, 0.25) is 0 Å². The normalized spacial score (nSPS) is 14.0. The van der Waals surface area contributed by atoms with E-state index in [-0.39, 0.29) is 11.5 Å². The molecule has 1 aliphatic heterocycles. The fourth-order valence-corrected chi connectivity index (χ4v) is 4.92. The molecule has 1 aliphatic rings. The first-order valence-electron chi connectivity index (χ1n) is 12.5. The minimum absolute atomic E-state index is 0.0797. The first-order chi connectivity index (χ1) is 17.6. The molecule has 1 N–H and O–H groups in total. The molecule has 0 aromatic heterocycles. The number of phenols is 1. The molecule has 36 heavy (non-hydrogen) atoms. The third-order valence-corrected chi connectivity index (χ3v) is 6.85. The molecule has 5 nitrogen and oxygen atoms in total. The SMILES string of the molecule is COc1cccc(-c2ccc3cc(O)ccc3c2C(=O)c2ccc(OCCN3CCCCC3)cc2)c1. The Morgan fingerprint density at radius 2 is 1.69 bits per heavy atom. The van der Waals surface area contributed by atoms with Gasteiger partial charge in [0.15, 0.2) is 5.78 Å². The second-order valence-corrected chi connectivity index (χ2v) is 9.23. The van der Waals surface area contributed by atoms with Crippen molar-refractivity contribution in [3.05, 3.63) is 90.0 Å². The summed E-state index contributed by atoms with van der Waals surface area (Å²) in [6.07, 6.45) is 3.86. The third kappa shape index (κ3) is 5.21. The number of hydrogen-bond donors (Lipinski definition) is 1. The molecule has 0 spiro atoms. The number of carbonyl (C=O) groups is 1. The summed E-state index contributed by atoms with van der Waals surface area (Å²) in [5.41, 5.74) is 2.90. The monoisotopic (exact) mass is 481 g/mol. The Morgan fingerprint density at radius 1 is 0.889 bits per heavy atom. The average molecular weight is 482 g/mol. The zero-order valence-corrected chi connectivity index (χ0v) is 20.6. The van der Waals surface area contributed by atoms with E-state index < -0.39 is 0 Å². The summed E-state index contributed by atoms with van der Waals surface area (Å²) in [7, 11) is 1.63. The van der Waals surface area contributed by atoms with Crippen LogP contribution in [0.25, 0.3) is 21.9 Å². The fourth-order valence-electron chi connectivity index (χ4n) is 4.92. The molecule has 5 heteroatoms. The molecule has 5 rings (SSSR count). The summed E-state index contributed by atoms with van der Waals surface area (Å²) in [6.45, 7) is 3.86. The van der Waals surface area contributed by atoms with E-state index in [0.29, 0.717) is 17.7 Å². The van der Waals surface area contributed by atoms with Crippen LogP contribution in [0, 0.1) is 0 Å². The number of ketones is 1. The minimum Gasteiger partial charge on any atom is -0.508 e. The maximum absolute atomic E-state index is 13.9. The van der Waals surface area contributed by atoms with E-state index in [2.05, 4.69) is 4.90 Å². The number of phenolic OH excluding ortho intramolecular Hbond substituents is 1. The first kappa shape index (κ1) is 23.9. The number of aromatic hydroxyl groups is 1. The van der Waals surface area contributed by atoms with Crippen LogP contribution in [0.1, 0.15) is 35.2 Å². The smallest absolute Gasteiger partial charge is 0.194 e. The standard InChI is InChI=1S/C31H31NO4/c1-35-27-7-5-6-23(21-27)28-14-10-24-20-25(33)11-15-29(24)30(28)31(34)22-8-12-26(13-9-22)36-19-18-32-16-3-2-4-17-32/h5-15,20-21,33H,2-4,16-19H2,1H3. The highest BCUT2D eigenvalue weighted by molar-refractivity contribution is 6.20. The van der Waals surface area contributed by atoms with E-state index in [1.165, 1.54) is 19.3 Å². The van der Waals surface area contributed by atoms with Crippen molar-refractivity contribution < 1.29 is 19.4 Å². The number of benzene rings is 4. The summed E-state index contributed by atoms with van der Waals surface area (Å²) in [4.78, 5) is 16.3. The van der Waals surface area contributed by atoms with Crippen molar-refractivity contribution in [1.82, 2.24) is 4.90 Å². The van der Waals surface area contributed by atoms with Crippen LogP contribution in [0.3, 0.4) is 0 Å². The second kappa shape index (κ2) is 10.8. The number of fused-ring (bicyclic) bond motifs is 1. The first-order valence-corrected chi connectivity index (χ1v) is 12.5. The number of hydrogen-bond acceptors (Lipinski definition) is 5. The number of ether oxygens (including phenoxy) is 2. The van der Waals surface area contributed by atoms with E-state index in [4.69, 9.17) is 9.47 Å². The molecule has 0 unspecified atom stereocenters. The van der Waals surface area contributed by atoms with Crippen molar-refractivity contribution in [1.29, 1.82) is 0 Å². The molecule has 0 bridgehead atoms. The summed E-state index contributed by atoms with van der Waals surface area (Å²) >= 11 is 0. The van der Waals surface area contributed by atoms with Gasteiger partial charge in [-0.2, -0.15) is 0 Å². The van der Waals surface area contributed by atoms with Crippen LogP contribution in [-0.2, 0) is 0 Å². The van der Waals surface area contributed by atoms with Gasteiger partial charge in [-0.15, -0.1) is 0 Å². The summed E-state index contributed by atoms with van der Waals surface area (Å²) in [5, 5.41) is 11.6. The molecule has 4 aromatic rings. The van der Waals surface area contributed by atoms with E-state index in [0.717, 1.165) is 53.0 Å². The number of nitrogens with zero attached hydrogens (tertiary/aromatic N) is 1. The molecular formula is C31H31NO4. The quantitative estimate of drug-likeness (QED) is 0.299. The van der Waals surface area contributed by atoms with Crippen LogP contribution in [0.4, 0.5) is 0 Å². The van der Waals surface area contributed by atoms with Crippen LogP contribution in [-0.4, -0.2) is 49.1 Å². The molecule has 0 saturated carbocycles. The van der Waals surface area contributed by atoms with Gasteiger partial charge in [0.1, 0.15) is 23.9 Å². The summed E-state index contributed by atoms with van der Waals surface area (Å²) in [6, 6.07) is 24.1. The van der Waals surface area contributed by atoms with Crippen LogP contribution < -0.4 is 9.47 Å². The van der Waals surface area contributed by atoms with Gasteiger partial charge in [0.25, 0.3) is 0 Å². The summed E-state index contributed by atoms with van der Waals surface area (Å²) < 4.78 is 11.4. The Balaban J connectivity index is 1.43. The van der Waals surface area contributed by atoms with Gasteiger partial charge in [-0.3, -0.25) is 9.69 Å². The molecule has 4 aromatic carbocycles. The molecule has 1 saturated heterocycles. The van der Waals surface area contributed by atoms with Crippen molar-refractivity contribution in [3.63, 3.8) is 0 Å². The molecule has 0 radical (unpaired) electrons. The number of carbonyl (C=O) groups excluding carboxylic acids is 1. The number of methoxy groups -OCH3 is 1. The minimum atomic E-state index is -0.0797. The van der Waals surface area contributed by atoms with Gasteiger partial charge in [-0.25, -0.2) is 0 Å². The lowest BCUT2D eigenvalue weighted by molar-refractivity contribution is 0.104. The lowest BCUT2D eigenvalue weighted by atomic mass is 9.89. The number of likely N-dealkylation sites (tertiary alicyclic amines) is 1. The Morgan fingerprint density at radius 3 is 2.47 bits per heavy atom. The Kier molecular flexibility index (Phi) is 7.19. The van der Waals surface area contributed by atoms with E-state index in [1.807, 2.05) is 60.7 Å². The number of piperidine rings is 1. The highest BCUT2D eigenvalue weighted by atomic mass is 16.5. The lowest BCUT2D eigenvalue weighted by Gasteiger charge is -2.26. The molecule has 1 fully saturated rings. The second-order valence-electron chi connectivity index (χ2n) is 9.23. The lowest BCUT2D eigenvalue weighted by Crippen LogP contribution is -2.33. The average Bonchev–Trinajstić information content (AvgIpc) is 2.93. The number of rotatable bonds is 8. The maximum Gasteiger partial charge on any atom is 0.194 e. The van der Waals surface area contributed by atoms with Gasteiger partial charge >= 0.3 is 0 Å². The van der Waals surface area contributed by atoms with Gasteiger partial charge in [-0.1, -0.05) is 30.7 Å². The molecule has 0 amide bonds. The molecule has 0 aliphatic carbocycles. The third-order valence-electron chi connectivity index (χ3n) is 6.85. The van der Waals surface area contributed by atoms with Crippen molar-refractivity contribution in [2.24, 2.45) is 0 Å². The maximum atomic E-state index is 13.9. The van der Waals surface area contributed by atoms with E-state index in [1.54, 1.807) is 25.3 Å². The highest BCUT2D eigenvalue weighted by Crippen LogP contribution is 2.35. The Bertz CT molecular complexity index is 1360. The Hall–Kier alpha value is -3.83. The van der Waals surface area contributed by atoms with Crippen LogP contribution in [0.15, 0.2) is 78.9 Å². The van der Waals surface area contributed by atoms with Gasteiger partial charge < -0.3 is 14.6 Å². The molecule has 1 heterocycles. The van der Waals surface area contributed by atoms with Gasteiger partial charge in [0, 0.05) is 17.7 Å². The zero-order chi connectivity index (χ0) is 24.9. The molecule has 184 valence electrons. The van der Waals surface area contributed by atoms with Crippen molar-refractivity contribution in [2.45, 2.75) is 19.3 Å². The van der Waals surface area contributed by atoms with Crippen LogP contribution in [0.2, 0.25) is 0 Å². The summed E-state index contributed by atoms with van der Waals surface area (Å²) in [5.74, 6) is 1.58. The predicted molar refractivity (Wildman–Crippen MR) is 143 cm³/mol. The van der Waals surface area contributed by atoms with Gasteiger partial charge in [0.05, 0.1) is 7.11 Å². The van der Waals surface area contributed by atoms with Crippen molar-refractivity contribution in [2.75, 3.05) is 33.4 Å². The fraction of sp³-hybridized carbons (Fsp3) is 0.258. The molecular weight excluding hydrogens is 450 g/mol. The van der Waals surface area contributed by atoms with Crippen LogP contribution >= 0.6 is 0 Å².